The molecule has 1 aromatic carbocycles. The molecule has 1 rings (SSSR count). The Bertz CT molecular complexity index is 387. The maximum Gasteiger partial charge on any atom is 0.150 e. The molecule has 0 fully saturated rings. The van der Waals surface area contributed by atoms with Crippen LogP contribution < -0.4 is 0 Å². The van der Waals surface area contributed by atoms with Gasteiger partial charge in [-0.15, -0.1) is 0 Å². The summed E-state index contributed by atoms with van der Waals surface area (Å²) in [5, 5.41) is 18.0. The maximum atomic E-state index is 10.3. The van der Waals surface area contributed by atoms with Crippen molar-refractivity contribution in [1.29, 1.82) is 5.26 Å². The van der Waals surface area contributed by atoms with Gasteiger partial charge in [0.05, 0.1) is 11.6 Å². The smallest absolute Gasteiger partial charge is 0.150 e. The molecule has 0 heterocycles. The van der Waals surface area contributed by atoms with Crippen molar-refractivity contribution < 1.29 is 9.90 Å². The molecule has 0 aliphatic heterocycles. The number of aldehydes is 1. The van der Waals surface area contributed by atoms with Gasteiger partial charge in [-0.25, -0.2) is 0 Å². The van der Waals surface area contributed by atoms with Crippen LogP contribution in [-0.2, 0) is 0 Å². The molecule has 3 heteroatoms. The molecule has 0 saturated carbocycles. The van der Waals surface area contributed by atoms with Crippen LogP contribution in [0.2, 0.25) is 0 Å². The average molecular weight is 187 g/mol. The van der Waals surface area contributed by atoms with Crippen molar-refractivity contribution in [2.75, 3.05) is 0 Å². The Morgan fingerprint density at radius 2 is 2.07 bits per heavy atom. The minimum absolute atomic E-state index is 0.0869. The van der Waals surface area contributed by atoms with E-state index in [1.54, 1.807) is 30.3 Å². The Balaban J connectivity index is 2.93. The lowest BCUT2D eigenvalue weighted by molar-refractivity contribution is 0.112. The van der Waals surface area contributed by atoms with Crippen LogP contribution in [0, 0.1) is 11.3 Å². The standard InChI is InChI=1S/C11H9NO2/c1-8(6-12)11(14)10-4-2-9(7-13)3-5-10/h2-5,7,11,14H,1H2. The zero-order valence-electron chi connectivity index (χ0n) is 7.47. The lowest BCUT2D eigenvalue weighted by atomic mass is 10.0. The number of carbonyl (C=O) groups excluding carboxylic acids is 1. The molecule has 0 radical (unpaired) electrons. The molecular formula is C11H9NO2. The van der Waals surface area contributed by atoms with Crippen molar-refractivity contribution in [1.82, 2.24) is 0 Å². The minimum Gasteiger partial charge on any atom is -0.383 e. The molecule has 0 spiro atoms. The molecule has 3 nitrogen and oxygen atoms in total. The van der Waals surface area contributed by atoms with Crippen LogP contribution in [0.5, 0.6) is 0 Å². The quantitative estimate of drug-likeness (QED) is 0.577. The van der Waals surface area contributed by atoms with E-state index >= 15 is 0 Å². The molecule has 0 amide bonds. The van der Waals surface area contributed by atoms with E-state index in [2.05, 4.69) is 6.58 Å². The fraction of sp³-hybridized carbons (Fsp3) is 0.0909. The highest BCUT2D eigenvalue weighted by molar-refractivity contribution is 5.74. The monoisotopic (exact) mass is 187 g/mol. The van der Waals surface area contributed by atoms with Gasteiger partial charge in [0.2, 0.25) is 0 Å². The fourth-order valence-electron chi connectivity index (χ4n) is 1.02. The van der Waals surface area contributed by atoms with Gasteiger partial charge in [-0.1, -0.05) is 30.8 Å². The van der Waals surface area contributed by atoms with Crippen LogP contribution in [0.3, 0.4) is 0 Å². The van der Waals surface area contributed by atoms with E-state index in [0.717, 1.165) is 6.29 Å². The summed E-state index contributed by atoms with van der Waals surface area (Å²) in [7, 11) is 0. The van der Waals surface area contributed by atoms with Gasteiger partial charge >= 0.3 is 0 Å². The van der Waals surface area contributed by atoms with Crippen LogP contribution in [-0.4, -0.2) is 11.4 Å². The zero-order valence-corrected chi connectivity index (χ0v) is 7.47. The Morgan fingerprint density at radius 1 is 1.50 bits per heavy atom. The minimum atomic E-state index is -0.985. The summed E-state index contributed by atoms with van der Waals surface area (Å²) < 4.78 is 0. The van der Waals surface area contributed by atoms with Crippen LogP contribution in [0.1, 0.15) is 22.0 Å². The van der Waals surface area contributed by atoms with Gasteiger partial charge in [-0.3, -0.25) is 4.79 Å². The Kier molecular flexibility index (Phi) is 3.16. The molecule has 0 aliphatic rings. The molecule has 0 bridgehead atoms. The van der Waals surface area contributed by atoms with Crippen LogP contribution in [0.15, 0.2) is 36.4 Å². The number of carbonyl (C=O) groups is 1. The molecular weight excluding hydrogens is 178 g/mol. The number of hydrogen-bond acceptors (Lipinski definition) is 3. The van der Waals surface area contributed by atoms with Crippen molar-refractivity contribution in [2.24, 2.45) is 0 Å². The first-order valence-electron chi connectivity index (χ1n) is 4.01. The second-order valence-electron chi connectivity index (χ2n) is 2.82. The summed E-state index contributed by atoms with van der Waals surface area (Å²) in [6.07, 6.45) is -0.268. The third-order valence-corrected chi connectivity index (χ3v) is 1.86. The highest BCUT2D eigenvalue weighted by atomic mass is 16.3. The third kappa shape index (κ3) is 2.06. The number of hydrogen-bond donors (Lipinski definition) is 1. The maximum absolute atomic E-state index is 10.3. The summed E-state index contributed by atoms with van der Waals surface area (Å²) in [4.78, 5) is 10.3. The summed E-state index contributed by atoms with van der Waals surface area (Å²) >= 11 is 0. The lowest BCUT2D eigenvalue weighted by Crippen LogP contribution is -1.98. The molecule has 14 heavy (non-hydrogen) atoms. The molecule has 1 N–H and O–H groups in total. The van der Waals surface area contributed by atoms with E-state index in [4.69, 9.17) is 5.26 Å². The van der Waals surface area contributed by atoms with Crippen LogP contribution >= 0.6 is 0 Å². The topological polar surface area (TPSA) is 61.1 Å². The molecule has 0 saturated heterocycles. The van der Waals surface area contributed by atoms with Gasteiger partial charge in [0.25, 0.3) is 0 Å². The third-order valence-electron chi connectivity index (χ3n) is 1.86. The van der Waals surface area contributed by atoms with Crippen molar-refractivity contribution in [3.63, 3.8) is 0 Å². The second kappa shape index (κ2) is 4.35. The summed E-state index contributed by atoms with van der Waals surface area (Å²) in [6, 6.07) is 8.13. The van der Waals surface area contributed by atoms with E-state index in [9.17, 15) is 9.90 Å². The molecule has 1 atom stereocenters. The van der Waals surface area contributed by atoms with Crippen LogP contribution in [0.4, 0.5) is 0 Å². The number of rotatable bonds is 3. The van der Waals surface area contributed by atoms with E-state index in [-0.39, 0.29) is 5.57 Å². The fourth-order valence-corrected chi connectivity index (χ4v) is 1.02. The first-order valence-corrected chi connectivity index (χ1v) is 4.01. The van der Waals surface area contributed by atoms with Crippen LogP contribution in [0.25, 0.3) is 0 Å². The first kappa shape index (κ1) is 10.2. The highest BCUT2D eigenvalue weighted by Crippen LogP contribution is 2.19. The molecule has 0 aromatic heterocycles. The predicted molar refractivity (Wildman–Crippen MR) is 51.5 cm³/mol. The van der Waals surface area contributed by atoms with E-state index in [1.165, 1.54) is 0 Å². The number of nitrogens with zero attached hydrogens (tertiary/aromatic N) is 1. The van der Waals surface area contributed by atoms with Crippen molar-refractivity contribution in [2.45, 2.75) is 6.10 Å². The SMILES string of the molecule is C=C(C#N)C(O)c1ccc(C=O)cc1. The molecule has 1 aromatic rings. The molecule has 0 aliphatic carbocycles. The zero-order chi connectivity index (χ0) is 10.6. The predicted octanol–water partition coefficient (Wildman–Crippen LogP) is 1.61. The largest absolute Gasteiger partial charge is 0.383 e. The highest BCUT2D eigenvalue weighted by Gasteiger charge is 2.10. The first-order chi connectivity index (χ1) is 6.69. The number of aliphatic hydroxyl groups is 1. The normalized spacial score (nSPS) is 11.4. The Hall–Kier alpha value is -1.92. The van der Waals surface area contributed by atoms with E-state index < -0.39 is 6.10 Å². The van der Waals surface area contributed by atoms with Crippen molar-refractivity contribution >= 4 is 6.29 Å². The summed E-state index contributed by atoms with van der Waals surface area (Å²) in [5.74, 6) is 0. The van der Waals surface area contributed by atoms with Gasteiger partial charge in [0.1, 0.15) is 12.4 Å². The number of benzene rings is 1. The van der Waals surface area contributed by atoms with Crippen molar-refractivity contribution in [3.8, 4) is 6.07 Å². The summed E-state index contributed by atoms with van der Waals surface area (Å²) in [6.45, 7) is 3.41. The average Bonchev–Trinajstić information content (AvgIpc) is 2.27. The molecule has 70 valence electrons. The summed E-state index contributed by atoms with van der Waals surface area (Å²) in [5.41, 5.74) is 1.18. The molecule has 1 unspecified atom stereocenters. The second-order valence-corrected chi connectivity index (χ2v) is 2.82. The van der Waals surface area contributed by atoms with E-state index in [1.807, 2.05) is 0 Å². The van der Waals surface area contributed by atoms with E-state index in [0.29, 0.717) is 11.1 Å². The van der Waals surface area contributed by atoms with Gasteiger partial charge in [0, 0.05) is 5.56 Å². The van der Waals surface area contributed by atoms with Crippen molar-refractivity contribution in [3.05, 3.63) is 47.5 Å². The van der Waals surface area contributed by atoms with Gasteiger partial charge < -0.3 is 5.11 Å². The number of nitriles is 1. The van der Waals surface area contributed by atoms with Gasteiger partial charge in [0.15, 0.2) is 0 Å². The van der Waals surface area contributed by atoms with Gasteiger partial charge in [-0.05, 0) is 5.56 Å². The Labute approximate surface area is 81.9 Å². The Morgan fingerprint density at radius 3 is 2.50 bits per heavy atom. The number of aliphatic hydroxyl groups excluding tert-OH is 1. The van der Waals surface area contributed by atoms with Gasteiger partial charge in [-0.2, -0.15) is 5.26 Å². The lowest BCUT2D eigenvalue weighted by Gasteiger charge is -2.07.